The largest absolute Gasteiger partial charge is 0.478 e. The Bertz CT molecular complexity index is 611. The van der Waals surface area contributed by atoms with E-state index in [-0.39, 0.29) is 11.8 Å². The number of ether oxygens (including phenoxy) is 1. The Hall–Kier alpha value is -2.17. The highest BCUT2D eigenvalue weighted by Gasteiger charge is 2.12. The van der Waals surface area contributed by atoms with Crippen molar-refractivity contribution in [1.82, 2.24) is 5.32 Å². The summed E-state index contributed by atoms with van der Waals surface area (Å²) in [5, 5.41) is 12.4. The molecule has 0 heterocycles. The minimum absolute atomic E-state index is 0.245. The average Bonchev–Trinajstić information content (AvgIpc) is 2.62. The molecule has 0 aliphatic carbocycles. The zero-order valence-corrected chi connectivity index (χ0v) is 14.1. The van der Waals surface area contributed by atoms with Crippen molar-refractivity contribution < 1.29 is 14.6 Å². The summed E-state index contributed by atoms with van der Waals surface area (Å²) in [6.45, 7) is 3.55. The molecule has 0 spiro atoms. The molecular weight excluding hydrogens is 302 g/mol. The summed E-state index contributed by atoms with van der Waals surface area (Å²) in [5.74, 6) is -0.917. The van der Waals surface area contributed by atoms with Crippen molar-refractivity contribution >= 4 is 5.97 Å². The summed E-state index contributed by atoms with van der Waals surface area (Å²) in [7, 11) is 0. The first-order valence-corrected chi connectivity index (χ1v) is 8.43. The topological polar surface area (TPSA) is 58.6 Å². The molecular formula is C20H25NO3. The Morgan fingerprint density at radius 2 is 1.79 bits per heavy atom. The Morgan fingerprint density at radius 3 is 2.42 bits per heavy atom. The van der Waals surface area contributed by atoms with Gasteiger partial charge in [0.05, 0.1) is 12.2 Å². The fourth-order valence-corrected chi connectivity index (χ4v) is 2.44. The second-order valence-electron chi connectivity index (χ2n) is 5.77. The third-order valence-corrected chi connectivity index (χ3v) is 3.83. The van der Waals surface area contributed by atoms with Gasteiger partial charge in [-0.15, -0.1) is 0 Å². The number of unbranched alkanes of at least 4 members (excludes halogenated alkanes) is 2. The van der Waals surface area contributed by atoms with Crippen LogP contribution in [0.4, 0.5) is 0 Å². The van der Waals surface area contributed by atoms with Crippen LogP contribution in [0.25, 0.3) is 0 Å². The second-order valence-corrected chi connectivity index (χ2v) is 5.77. The second kappa shape index (κ2) is 9.85. The third-order valence-electron chi connectivity index (χ3n) is 3.83. The molecule has 128 valence electrons. The van der Waals surface area contributed by atoms with Crippen LogP contribution < -0.4 is 5.32 Å². The Morgan fingerprint density at radius 1 is 1.08 bits per heavy atom. The molecule has 0 aliphatic rings. The molecule has 0 saturated heterocycles. The minimum Gasteiger partial charge on any atom is -0.478 e. The Kier molecular flexibility index (Phi) is 7.46. The summed E-state index contributed by atoms with van der Waals surface area (Å²) in [6.07, 6.45) is 3.19. The summed E-state index contributed by atoms with van der Waals surface area (Å²) in [6, 6.07) is 16.9. The lowest BCUT2D eigenvalue weighted by molar-refractivity contribution is 0.0160. The van der Waals surface area contributed by atoms with E-state index in [0.29, 0.717) is 6.61 Å². The molecule has 2 aromatic rings. The smallest absolute Gasteiger partial charge is 0.335 e. The van der Waals surface area contributed by atoms with Crippen molar-refractivity contribution in [1.29, 1.82) is 0 Å². The monoisotopic (exact) mass is 327 g/mol. The van der Waals surface area contributed by atoms with E-state index in [9.17, 15) is 4.79 Å². The van der Waals surface area contributed by atoms with Gasteiger partial charge < -0.3 is 9.84 Å². The normalized spacial score (nSPS) is 12.0. The first kappa shape index (κ1) is 18.2. The first-order valence-electron chi connectivity index (χ1n) is 8.43. The van der Waals surface area contributed by atoms with Crippen molar-refractivity contribution in [2.75, 3.05) is 6.54 Å². The van der Waals surface area contributed by atoms with E-state index in [1.54, 1.807) is 12.1 Å². The Balaban J connectivity index is 2.02. The highest BCUT2D eigenvalue weighted by molar-refractivity contribution is 5.87. The molecule has 2 rings (SSSR count). The van der Waals surface area contributed by atoms with Crippen LogP contribution in [-0.4, -0.2) is 17.6 Å². The van der Waals surface area contributed by atoms with E-state index in [1.165, 1.54) is 12.8 Å². The zero-order valence-electron chi connectivity index (χ0n) is 14.1. The van der Waals surface area contributed by atoms with Crippen molar-refractivity contribution in [3.8, 4) is 0 Å². The lowest BCUT2D eigenvalue weighted by Gasteiger charge is -2.20. The maximum absolute atomic E-state index is 11.0. The van der Waals surface area contributed by atoms with Gasteiger partial charge in [-0.05, 0) is 36.2 Å². The molecule has 0 radical (unpaired) electrons. The van der Waals surface area contributed by atoms with Crippen LogP contribution in [0.2, 0.25) is 0 Å². The molecule has 0 fully saturated rings. The van der Waals surface area contributed by atoms with Crippen LogP contribution in [0.15, 0.2) is 54.6 Å². The van der Waals surface area contributed by atoms with Crippen LogP contribution in [0.1, 0.15) is 53.9 Å². The van der Waals surface area contributed by atoms with Gasteiger partial charge in [0.25, 0.3) is 0 Å². The third kappa shape index (κ3) is 5.80. The van der Waals surface area contributed by atoms with E-state index >= 15 is 0 Å². The van der Waals surface area contributed by atoms with Crippen LogP contribution in [0.3, 0.4) is 0 Å². The zero-order chi connectivity index (χ0) is 17.2. The molecule has 0 saturated carbocycles. The van der Waals surface area contributed by atoms with Crippen molar-refractivity contribution in [2.45, 2.75) is 39.0 Å². The van der Waals surface area contributed by atoms with Gasteiger partial charge in [0.2, 0.25) is 0 Å². The number of carboxylic acid groups (broad SMARTS) is 1. The molecule has 24 heavy (non-hydrogen) atoms. The van der Waals surface area contributed by atoms with E-state index in [2.05, 4.69) is 12.2 Å². The molecule has 4 nitrogen and oxygen atoms in total. The number of benzene rings is 2. The van der Waals surface area contributed by atoms with Gasteiger partial charge in [0, 0.05) is 0 Å². The Labute approximate surface area is 143 Å². The fraction of sp³-hybridized carbons (Fsp3) is 0.350. The highest BCUT2D eigenvalue weighted by Crippen LogP contribution is 2.18. The SMILES string of the molecule is CCCCCNC(OCc1ccccc1)c1ccc(C(=O)O)cc1. The standard InChI is InChI=1S/C20H25NO3/c1-2-3-7-14-21-19(24-15-16-8-5-4-6-9-16)17-10-12-18(13-11-17)20(22)23/h4-6,8-13,19,21H,2-3,7,14-15H2,1H3,(H,22,23). The van der Waals surface area contributed by atoms with Gasteiger partial charge in [0.1, 0.15) is 6.23 Å². The molecule has 4 heteroatoms. The maximum Gasteiger partial charge on any atom is 0.335 e. The number of rotatable bonds is 10. The minimum atomic E-state index is -0.917. The van der Waals surface area contributed by atoms with E-state index in [4.69, 9.17) is 9.84 Å². The molecule has 0 aliphatic heterocycles. The van der Waals surface area contributed by atoms with Gasteiger partial charge >= 0.3 is 5.97 Å². The molecule has 2 N–H and O–H groups in total. The number of nitrogens with one attached hydrogen (secondary N) is 1. The predicted molar refractivity (Wildman–Crippen MR) is 94.9 cm³/mol. The van der Waals surface area contributed by atoms with Gasteiger partial charge in [-0.3, -0.25) is 5.32 Å². The number of carboxylic acids is 1. The maximum atomic E-state index is 11.0. The van der Waals surface area contributed by atoms with Gasteiger partial charge in [-0.2, -0.15) is 0 Å². The van der Waals surface area contributed by atoms with Gasteiger partial charge in [-0.25, -0.2) is 4.79 Å². The van der Waals surface area contributed by atoms with E-state index < -0.39 is 5.97 Å². The molecule has 1 atom stereocenters. The van der Waals surface area contributed by atoms with Crippen molar-refractivity contribution in [3.05, 3.63) is 71.3 Å². The summed E-state index contributed by atoms with van der Waals surface area (Å²) >= 11 is 0. The van der Waals surface area contributed by atoms with E-state index in [0.717, 1.165) is 24.1 Å². The van der Waals surface area contributed by atoms with Crippen LogP contribution in [-0.2, 0) is 11.3 Å². The summed E-state index contributed by atoms with van der Waals surface area (Å²) in [4.78, 5) is 11.0. The summed E-state index contributed by atoms with van der Waals surface area (Å²) < 4.78 is 6.04. The van der Waals surface area contributed by atoms with Crippen molar-refractivity contribution in [2.24, 2.45) is 0 Å². The van der Waals surface area contributed by atoms with Crippen LogP contribution >= 0.6 is 0 Å². The molecule has 1 unspecified atom stereocenters. The molecule has 2 aromatic carbocycles. The molecule has 0 bridgehead atoms. The molecule has 0 amide bonds. The first-order chi connectivity index (χ1) is 11.7. The lowest BCUT2D eigenvalue weighted by atomic mass is 10.1. The predicted octanol–water partition coefficient (Wildman–Crippen LogP) is 4.38. The highest BCUT2D eigenvalue weighted by atomic mass is 16.5. The fourth-order valence-electron chi connectivity index (χ4n) is 2.44. The average molecular weight is 327 g/mol. The number of aromatic carboxylic acids is 1. The number of carbonyl (C=O) groups is 1. The lowest BCUT2D eigenvalue weighted by Crippen LogP contribution is -2.25. The van der Waals surface area contributed by atoms with Gasteiger partial charge in [0.15, 0.2) is 0 Å². The van der Waals surface area contributed by atoms with Crippen LogP contribution in [0.5, 0.6) is 0 Å². The quantitative estimate of drug-likeness (QED) is 0.502. The number of hydrogen-bond acceptors (Lipinski definition) is 3. The van der Waals surface area contributed by atoms with Crippen LogP contribution in [0, 0.1) is 0 Å². The van der Waals surface area contributed by atoms with Gasteiger partial charge in [-0.1, -0.05) is 62.2 Å². The summed E-state index contributed by atoms with van der Waals surface area (Å²) in [5.41, 5.74) is 2.33. The molecule has 0 aromatic heterocycles. The van der Waals surface area contributed by atoms with E-state index in [1.807, 2.05) is 42.5 Å². The van der Waals surface area contributed by atoms with Crippen molar-refractivity contribution in [3.63, 3.8) is 0 Å². The number of hydrogen-bond donors (Lipinski definition) is 2.